The summed E-state index contributed by atoms with van der Waals surface area (Å²) in [6.45, 7) is 2.96. The second-order valence-electron chi connectivity index (χ2n) is 8.96. The molecule has 0 bridgehead atoms. The number of benzene rings is 2. The lowest BCUT2D eigenvalue weighted by Crippen LogP contribution is -2.49. The summed E-state index contributed by atoms with van der Waals surface area (Å²) in [6, 6.07) is 18.4. The molecule has 1 aliphatic rings. The van der Waals surface area contributed by atoms with Gasteiger partial charge in [0.05, 0.1) is 12.5 Å². The van der Waals surface area contributed by atoms with Crippen molar-refractivity contribution in [2.45, 2.75) is 12.8 Å². The number of anilines is 1. The minimum Gasteiger partial charge on any atom is -0.497 e. The van der Waals surface area contributed by atoms with Crippen molar-refractivity contribution in [3.63, 3.8) is 0 Å². The lowest BCUT2D eigenvalue weighted by atomic mass is 10.0. The number of aromatic nitrogens is 3. The van der Waals surface area contributed by atoms with Gasteiger partial charge in [-0.25, -0.2) is 9.97 Å². The normalized spacial score (nSPS) is 14.0. The van der Waals surface area contributed by atoms with Gasteiger partial charge in [-0.1, -0.05) is 18.2 Å². The molecule has 5 aromatic rings. The monoisotopic (exact) mass is 497 g/mol. The third kappa shape index (κ3) is 4.18. The van der Waals surface area contributed by atoms with Crippen LogP contribution in [0.2, 0.25) is 0 Å². The molecule has 0 radical (unpaired) electrons. The van der Waals surface area contributed by atoms with Crippen molar-refractivity contribution in [2.24, 2.45) is 0 Å². The molecule has 182 valence electrons. The number of thiophene rings is 1. The molecule has 7 nitrogen and oxygen atoms in total. The van der Waals surface area contributed by atoms with E-state index in [1.54, 1.807) is 24.8 Å². The number of amides is 1. The van der Waals surface area contributed by atoms with Gasteiger partial charge < -0.3 is 19.5 Å². The number of ether oxygens (including phenoxy) is 1. The van der Waals surface area contributed by atoms with Gasteiger partial charge in [-0.3, -0.25) is 4.79 Å². The summed E-state index contributed by atoms with van der Waals surface area (Å²) in [5, 5.41) is 4.31. The van der Waals surface area contributed by atoms with Crippen LogP contribution in [0.4, 0.5) is 5.82 Å². The average Bonchev–Trinajstić information content (AvgIpc) is 3.57. The fourth-order valence-electron chi connectivity index (χ4n) is 5.05. The number of carbonyl (C=O) groups is 1. The molecular weight excluding hydrogens is 470 g/mol. The van der Waals surface area contributed by atoms with Gasteiger partial charge in [-0.2, -0.15) is 0 Å². The molecule has 0 atom stereocenters. The van der Waals surface area contributed by atoms with Crippen LogP contribution in [-0.4, -0.2) is 59.0 Å². The zero-order valence-corrected chi connectivity index (χ0v) is 20.9. The number of para-hydroxylation sites is 1. The van der Waals surface area contributed by atoms with Crippen LogP contribution in [0.1, 0.15) is 12.0 Å². The van der Waals surface area contributed by atoms with E-state index in [9.17, 15) is 4.79 Å². The first-order chi connectivity index (χ1) is 17.7. The SMILES string of the molecule is COc1ccc(-c2[nH]c3ccccc3c2CCC(=O)N2CCN(c3ncnc4sccc34)CC2)cc1. The summed E-state index contributed by atoms with van der Waals surface area (Å²) < 4.78 is 5.32. The molecule has 0 unspecified atom stereocenters. The summed E-state index contributed by atoms with van der Waals surface area (Å²) in [6.07, 6.45) is 2.80. The second-order valence-corrected chi connectivity index (χ2v) is 9.85. The molecular formula is C28H27N5O2S. The quantitative estimate of drug-likeness (QED) is 0.352. The number of fused-ring (bicyclic) bond motifs is 2. The minimum atomic E-state index is 0.198. The van der Waals surface area contributed by atoms with E-state index >= 15 is 0 Å². The van der Waals surface area contributed by atoms with Crippen molar-refractivity contribution >= 4 is 44.2 Å². The lowest BCUT2D eigenvalue weighted by Gasteiger charge is -2.35. The highest BCUT2D eigenvalue weighted by atomic mass is 32.1. The Balaban J connectivity index is 1.16. The van der Waals surface area contributed by atoms with Crippen LogP contribution in [0, 0.1) is 0 Å². The van der Waals surface area contributed by atoms with E-state index in [4.69, 9.17) is 4.74 Å². The van der Waals surface area contributed by atoms with Gasteiger partial charge in [0, 0.05) is 49.2 Å². The predicted octanol–water partition coefficient (Wildman–Crippen LogP) is 5.13. The van der Waals surface area contributed by atoms with Crippen LogP contribution in [0.25, 0.3) is 32.4 Å². The van der Waals surface area contributed by atoms with E-state index in [0.717, 1.165) is 51.6 Å². The van der Waals surface area contributed by atoms with E-state index < -0.39 is 0 Å². The topological polar surface area (TPSA) is 74.4 Å². The molecule has 2 aromatic carbocycles. The largest absolute Gasteiger partial charge is 0.497 e. The molecule has 0 saturated carbocycles. The lowest BCUT2D eigenvalue weighted by molar-refractivity contribution is -0.131. The fraction of sp³-hybridized carbons (Fsp3) is 0.250. The van der Waals surface area contributed by atoms with E-state index in [1.165, 1.54) is 10.9 Å². The van der Waals surface area contributed by atoms with Crippen LogP contribution in [-0.2, 0) is 11.2 Å². The molecule has 36 heavy (non-hydrogen) atoms. The molecule has 8 heteroatoms. The van der Waals surface area contributed by atoms with Gasteiger partial charge in [0.1, 0.15) is 22.7 Å². The number of hydrogen-bond donors (Lipinski definition) is 1. The number of piperazine rings is 1. The summed E-state index contributed by atoms with van der Waals surface area (Å²) in [7, 11) is 1.67. The third-order valence-corrected chi connectivity index (χ3v) is 7.77. The van der Waals surface area contributed by atoms with Gasteiger partial charge in [0.2, 0.25) is 5.91 Å². The van der Waals surface area contributed by atoms with Gasteiger partial charge in [0.15, 0.2) is 0 Å². The molecule has 0 aliphatic carbocycles. The summed E-state index contributed by atoms with van der Waals surface area (Å²) in [5.74, 6) is 1.99. The molecule has 1 fully saturated rings. The third-order valence-electron chi connectivity index (χ3n) is 6.95. The Labute approximate surface area is 213 Å². The highest BCUT2D eigenvalue weighted by molar-refractivity contribution is 7.16. The van der Waals surface area contributed by atoms with E-state index in [2.05, 4.69) is 56.3 Å². The molecule has 1 saturated heterocycles. The van der Waals surface area contributed by atoms with Gasteiger partial charge in [-0.15, -0.1) is 11.3 Å². The Hall–Kier alpha value is -3.91. The van der Waals surface area contributed by atoms with Crippen LogP contribution in [0.5, 0.6) is 5.75 Å². The Morgan fingerprint density at radius 3 is 2.61 bits per heavy atom. The zero-order valence-electron chi connectivity index (χ0n) is 20.1. The maximum atomic E-state index is 13.2. The highest BCUT2D eigenvalue weighted by Gasteiger charge is 2.24. The first-order valence-electron chi connectivity index (χ1n) is 12.2. The average molecular weight is 498 g/mol. The molecule has 1 aliphatic heterocycles. The van der Waals surface area contributed by atoms with E-state index in [1.807, 2.05) is 28.5 Å². The van der Waals surface area contributed by atoms with Crippen LogP contribution in [0.3, 0.4) is 0 Å². The van der Waals surface area contributed by atoms with Crippen molar-refractivity contribution in [3.05, 3.63) is 71.9 Å². The van der Waals surface area contributed by atoms with Gasteiger partial charge >= 0.3 is 0 Å². The number of aryl methyl sites for hydroxylation is 1. The first-order valence-corrected chi connectivity index (χ1v) is 13.0. The summed E-state index contributed by atoms with van der Waals surface area (Å²) in [5.41, 5.74) is 4.43. The number of nitrogens with zero attached hydrogens (tertiary/aromatic N) is 4. The smallest absolute Gasteiger partial charge is 0.223 e. The molecule has 3 aromatic heterocycles. The molecule has 1 amide bonds. The number of nitrogens with one attached hydrogen (secondary N) is 1. The number of aromatic amines is 1. The Morgan fingerprint density at radius 2 is 1.81 bits per heavy atom. The second kappa shape index (κ2) is 9.62. The standard InChI is InChI=1S/C28H27N5O2S/c1-35-20-8-6-19(7-9-20)26-22(21-4-2-3-5-24(21)31-26)10-11-25(34)32-13-15-33(16-14-32)27-23-12-17-36-28(23)30-18-29-27/h2-9,12,17-18,31H,10-11,13-16H2,1H3. The first kappa shape index (κ1) is 22.5. The van der Waals surface area contributed by atoms with Gasteiger partial charge in [-0.05, 0) is 59.3 Å². The van der Waals surface area contributed by atoms with Gasteiger partial charge in [0.25, 0.3) is 0 Å². The van der Waals surface area contributed by atoms with Crippen molar-refractivity contribution in [1.29, 1.82) is 0 Å². The predicted molar refractivity (Wildman–Crippen MR) is 145 cm³/mol. The number of rotatable bonds is 6. The maximum absolute atomic E-state index is 13.2. The summed E-state index contributed by atoms with van der Waals surface area (Å²) >= 11 is 1.63. The molecule has 4 heterocycles. The Kier molecular flexibility index (Phi) is 6.03. The maximum Gasteiger partial charge on any atom is 0.223 e. The van der Waals surface area contributed by atoms with Crippen molar-refractivity contribution < 1.29 is 9.53 Å². The van der Waals surface area contributed by atoms with Crippen LogP contribution >= 0.6 is 11.3 Å². The van der Waals surface area contributed by atoms with E-state index in [0.29, 0.717) is 25.9 Å². The Bertz CT molecular complexity index is 1520. The highest BCUT2D eigenvalue weighted by Crippen LogP contribution is 2.33. The Morgan fingerprint density at radius 1 is 1.00 bits per heavy atom. The molecule has 0 spiro atoms. The molecule has 1 N–H and O–H groups in total. The van der Waals surface area contributed by atoms with E-state index in [-0.39, 0.29) is 5.91 Å². The molecule has 6 rings (SSSR count). The number of H-pyrrole nitrogens is 1. The zero-order chi connectivity index (χ0) is 24.5. The summed E-state index contributed by atoms with van der Waals surface area (Å²) in [4.78, 5) is 30.9. The fourth-order valence-corrected chi connectivity index (χ4v) is 5.78. The van der Waals surface area contributed by atoms with Crippen LogP contribution in [0.15, 0.2) is 66.3 Å². The van der Waals surface area contributed by atoms with Crippen molar-refractivity contribution in [3.8, 4) is 17.0 Å². The van der Waals surface area contributed by atoms with Crippen molar-refractivity contribution in [2.75, 3.05) is 38.2 Å². The minimum absolute atomic E-state index is 0.198. The van der Waals surface area contributed by atoms with Crippen molar-refractivity contribution in [1.82, 2.24) is 19.9 Å². The number of methoxy groups -OCH3 is 1. The number of carbonyl (C=O) groups excluding carboxylic acids is 1. The van der Waals surface area contributed by atoms with Crippen LogP contribution < -0.4 is 9.64 Å². The number of hydrogen-bond acceptors (Lipinski definition) is 6.